The molecule has 2 amide bonds. The zero-order valence-electron chi connectivity index (χ0n) is 17.4. The molecular formula is C23H29FN2O3. The van der Waals surface area contributed by atoms with E-state index in [2.05, 4.69) is 0 Å². The van der Waals surface area contributed by atoms with E-state index in [1.807, 2.05) is 26.8 Å². The second-order valence-electron chi connectivity index (χ2n) is 8.95. The van der Waals surface area contributed by atoms with E-state index in [9.17, 15) is 14.0 Å². The van der Waals surface area contributed by atoms with Crippen LogP contribution in [-0.4, -0.2) is 34.2 Å². The van der Waals surface area contributed by atoms with Crippen molar-refractivity contribution < 1.29 is 18.4 Å². The molecule has 0 radical (unpaired) electrons. The second-order valence-corrected chi connectivity index (χ2v) is 8.95. The summed E-state index contributed by atoms with van der Waals surface area (Å²) in [6, 6.07) is 9.85. The Labute approximate surface area is 171 Å². The molecule has 1 saturated carbocycles. The molecule has 0 unspecified atom stereocenters. The Hall–Kier alpha value is -2.63. The molecule has 2 aromatic rings. The first-order valence-corrected chi connectivity index (χ1v) is 10.1. The van der Waals surface area contributed by atoms with Crippen LogP contribution in [0.1, 0.15) is 51.4 Å². The van der Waals surface area contributed by atoms with E-state index in [-0.39, 0.29) is 35.6 Å². The summed E-state index contributed by atoms with van der Waals surface area (Å²) in [5.41, 5.74) is 0.695. The van der Waals surface area contributed by atoms with Gasteiger partial charge in [-0.05, 0) is 48.1 Å². The number of carbonyl (C=O) groups is 2. The summed E-state index contributed by atoms with van der Waals surface area (Å²) in [5.74, 6) is 0.234. The number of hydrogen-bond acceptors (Lipinski definition) is 3. The van der Waals surface area contributed by atoms with E-state index in [0.717, 1.165) is 18.4 Å². The first-order chi connectivity index (χ1) is 13.7. The number of benzene rings is 1. The van der Waals surface area contributed by atoms with Gasteiger partial charge in [0.15, 0.2) is 0 Å². The lowest BCUT2D eigenvalue weighted by Crippen LogP contribution is -2.44. The van der Waals surface area contributed by atoms with Crippen molar-refractivity contribution >= 4 is 11.8 Å². The molecule has 0 N–H and O–H groups in total. The van der Waals surface area contributed by atoms with E-state index < -0.39 is 0 Å². The van der Waals surface area contributed by atoms with Crippen molar-refractivity contribution in [2.45, 2.75) is 59.2 Å². The van der Waals surface area contributed by atoms with Crippen molar-refractivity contribution in [3.8, 4) is 0 Å². The zero-order valence-corrected chi connectivity index (χ0v) is 17.4. The van der Waals surface area contributed by atoms with Crippen LogP contribution < -0.4 is 0 Å². The molecule has 3 rings (SSSR count). The molecule has 0 atom stereocenters. The molecule has 0 bridgehead atoms. The van der Waals surface area contributed by atoms with E-state index >= 15 is 0 Å². The summed E-state index contributed by atoms with van der Waals surface area (Å²) in [7, 11) is 0. The molecule has 5 nitrogen and oxygen atoms in total. The van der Waals surface area contributed by atoms with Gasteiger partial charge in [0.1, 0.15) is 18.1 Å². The molecule has 0 aliphatic heterocycles. The second kappa shape index (κ2) is 8.80. The van der Waals surface area contributed by atoms with Gasteiger partial charge in [-0.3, -0.25) is 9.59 Å². The van der Waals surface area contributed by atoms with Crippen LogP contribution in [0.15, 0.2) is 47.1 Å². The quantitative estimate of drug-likeness (QED) is 0.661. The number of nitrogens with zero attached hydrogens (tertiary/aromatic N) is 2. The van der Waals surface area contributed by atoms with E-state index in [0.29, 0.717) is 25.3 Å². The highest BCUT2D eigenvalue weighted by Gasteiger charge is 2.36. The number of carbonyl (C=O) groups excluding carboxylic acids is 2. The van der Waals surface area contributed by atoms with Gasteiger partial charge in [-0.15, -0.1) is 0 Å². The smallest absolute Gasteiger partial charge is 0.242 e. The van der Waals surface area contributed by atoms with Crippen molar-refractivity contribution in [2.24, 2.45) is 5.41 Å². The maximum atomic E-state index is 13.2. The van der Waals surface area contributed by atoms with Gasteiger partial charge in [0.25, 0.3) is 0 Å². The lowest BCUT2D eigenvalue weighted by molar-refractivity contribution is -0.143. The number of rotatable bonds is 8. The Balaban J connectivity index is 1.73. The minimum absolute atomic E-state index is 0.0214. The predicted octanol–water partition coefficient (Wildman–Crippen LogP) is 4.37. The topological polar surface area (TPSA) is 53.8 Å². The lowest BCUT2D eigenvalue weighted by atomic mass is 9.91. The van der Waals surface area contributed by atoms with Crippen LogP contribution in [0.5, 0.6) is 0 Å². The predicted molar refractivity (Wildman–Crippen MR) is 108 cm³/mol. The minimum Gasteiger partial charge on any atom is -0.467 e. The van der Waals surface area contributed by atoms with Crippen LogP contribution in [0.4, 0.5) is 4.39 Å². The van der Waals surface area contributed by atoms with Gasteiger partial charge in [-0.1, -0.05) is 32.9 Å². The van der Waals surface area contributed by atoms with Gasteiger partial charge in [-0.2, -0.15) is 0 Å². The van der Waals surface area contributed by atoms with Gasteiger partial charge in [0.2, 0.25) is 11.8 Å². The van der Waals surface area contributed by atoms with E-state index in [1.165, 1.54) is 12.1 Å². The van der Waals surface area contributed by atoms with Crippen molar-refractivity contribution in [1.29, 1.82) is 0 Å². The number of furan rings is 1. The highest BCUT2D eigenvalue weighted by molar-refractivity contribution is 5.85. The third kappa shape index (κ3) is 6.44. The Morgan fingerprint density at radius 2 is 1.76 bits per heavy atom. The molecule has 1 heterocycles. The fourth-order valence-corrected chi connectivity index (χ4v) is 3.24. The first-order valence-electron chi connectivity index (χ1n) is 10.1. The van der Waals surface area contributed by atoms with E-state index in [1.54, 1.807) is 34.3 Å². The minimum atomic E-state index is -0.314. The first kappa shape index (κ1) is 21.1. The molecule has 156 valence electrons. The Morgan fingerprint density at radius 3 is 2.31 bits per heavy atom. The summed E-state index contributed by atoms with van der Waals surface area (Å²) in [6.07, 6.45) is 3.87. The molecule has 6 heteroatoms. The third-order valence-corrected chi connectivity index (χ3v) is 4.86. The third-order valence-electron chi connectivity index (χ3n) is 4.86. The molecule has 1 aromatic heterocycles. The SMILES string of the molecule is CC(C)(C)CC(=O)N(CC(=O)N(Cc1ccc(F)cc1)Cc1ccco1)C1CC1. The van der Waals surface area contributed by atoms with Gasteiger partial charge >= 0.3 is 0 Å². The van der Waals surface area contributed by atoms with Gasteiger partial charge in [-0.25, -0.2) is 4.39 Å². The lowest BCUT2D eigenvalue weighted by Gasteiger charge is -2.29. The Kier molecular flexibility index (Phi) is 6.40. The van der Waals surface area contributed by atoms with Crippen LogP contribution in [0, 0.1) is 11.2 Å². The summed E-state index contributed by atoms with van der Waals surface area (Å²) < 4.78 is 18.7. The summed E-state index contributed by atoms with van der Waals surface area (Å²) in [5, 5.41) is 0. The molecule has 1 aromatic carbocycles. The van der Waals surface area contributed by atoms with Crippen molar-refractivity contribution in [1.82, 2.24) is 9.80 Å². The van der Waals surface area contributed by atoms with Gasteiger partial charge in [0, 0.05) is 19.0 Å². The zero-order chi connectivity index (χ0) is 21.0. The fraction of sp³-hybridized carbons (Fsp3) is 0.478. The standard InChI is InChI=1S/C23H29FN2O3/c1-23(2,3)13-21(27)26(19-10-11-19)16-22(28)25(15-20-5-4-12-29-20)14-17-6-8-18(24)9-7-17/h4-9,12,19H,10-11,13-16H2,1-3H3. The maximum absolute atomic E-state index is 13.2. The van der Waals surface area contributed by atoms with Crippen LogP contribution in [-0.2, 0) is 22.7 Å². The Bertz CT molecular complexity index is 821. The molecule has 0 spiro atoms. The van der Waals surface area contributed by atoms with Crippen molar-refractivity contribution in [3.63, 3.8) is 0 Å². The summed E-state index contributed by atoms with van der Waals surface area (Å²) in [4.78, 5) is 29.4. The monoisotopic (exact) mass is 400 g/mol. The fourth-order valence-electron chi connectivity index (χ4n) is 3.24. The maximum Gasteiger partial charge on any atom is 0.242 e. The normalized spacial score (nSPS) is 13.9. The van der Waals surface area contributed by atoms with Crippen molar-refractivity contribution in [3.05, 3.63) is 59.8 Å². The number of amides is 2. The molecule has 1 aliphatic rings. The van der Waals surface area contributed by atoms with Crippen molar-refractivity contribution in [2.75, 3.05) is 6.54 Å². The number of halogens is 1. The molecule has 0 saturated heterocycles. The average molecular weight is 400 g/mol. The van der Waals surface area contributed by atoms with Gasteiger partial charge < -0.3 is 14.2 Å². The highest BCUT2D eigenvalue weighted by atomic mass is 19.1. The van der Waals surface area contributed by atoms with Crippen LogP contribution in [0.25, 0.3) is 0 Å². The highest BCUT2D eigenvalue weighted by Crippen LogP contribution is 2.30. The van der Waals surface area contributed by atoms with E-state index in [4.69, 9.17) is 4.42 Å². The van der Waals surface area contributed by atoms with Crippen LogP contribution in [0.3, 0.4) is 0 Å². The average Bonchev–Trinajstić information content (AvgIpc) is 3.35. The largest absolute Gasteiger partial charge is 0.467 e. The van der Waals surface area contributed by atoms with Crippen LogP contribution >= 0.6 is 0 Å². The molecule has 1 aliphatic carbocycles. The molecular weight excluding hydrogens is 371 g/mol. The summed E-state index contributed by atoms with van der Waals surface area (Å²) >= 11 is 0. The summed E-state index contributed by atoms with van der Waals surface area (Å²) in [6.45, 7) is 6.75. The Morgan fingerprint density at radius 1 is 1.07 bits per heavy atom. The molecule has 1 fully saturated rings. The number of hydrogen-bond donors (Lipinski definition) is 0. The van der Waals surface area contributed by atoms with Crippen LogP contribution in [0.2, 0.25) is 0 Å². The van der Waals surface area contributed by atoms with Gasteiger partial charge in [0.05, 0.1) is 12.8 Å². The molecule has 29 heavy (non-hydrogen) atoms.